The van der Waals surface area contributed by atoms with Gasteiger partial charge in [-0.15, -0.1) is 0 Å². The fourth-order valence-corrected chi connectivity index (χ4v) is 4.75. The summed E-state index contributed by atoms with van der Waals surface area (Å²) < 4.78 is 0. The van der Waals surface area contributed by atoms with Crippen LogP contribution in [-0.4, -0.2) is 42.1 Å². The molecule has 0 aliphatic carbocycles. The summed E-state index contributed by atoms with van der Waals surface area (Å²) in [6.45, 7) is 5.90. The van der Waals surface area contributed by atoms with E-state index in [-0.39, 0.29) is 5.92 Å². The van der Waals surface area contributed by atoms with Gasteiger partial charge >= 0.3 is 0 Å². The minimum atomic E-state index is -1.12. The number of piperidine rings is 1. The van der Waals surface area contributed by atoms with Crippen LogP contribution in [0.1, 0.15) is 49.7 Å². The van der Waals surface area contributed by atoms with Crippen LogP contribution in [0.4, 0.5) is 4.79 Å². The van der Waals surface area contributed by atoms with E-state index in [9.17, 15) is 9.90 Å². The maximum absolute atomic E-state index is 11.5. The van der Waals surface area contributed by atoms with Gasteiger partial charge in [0.25, 0.3) is 0 Å². The molecule has 1 heterocycles. The Bertz CT molecular complexity index is 839. The van der Waals surface area contributed by atoms with Gasteiger partial charge in [-0.05, 0) is 74.9 Å². The van der Waals surface area contributed by atoms with Gasteiger partial charge in [0.05, 0.1) is 10.0 Å². The van der Waals surface area contributed by atoms with Crippen LogP contribution in [0.15, 0.2) is 48.5 Å². The van der Waals surface area contributed by atoms with Crippen molar-refractivity contribution in [2.45, 2.75) is 45.1 Å². The zero-order valence-corrected chi connectivity index (χ0v) is 19.6. The molecule has 168 valence electrons. The molecule has 3 rings (SSSR count). The van der Waals surface area contributed by atoms with Gasteiger partial charge in [0.1, 0.15) is 6.09 Å². The number of rotatable bonds is 9. The van der Waals surface area contributed by atoms with Crippen LogP contribution in [-0.2, 0) is 6.54 Å². The molecule has 2 aromatic carbocycles. The van der Waals surface area contributed by atoms with Gasteiger partial charge in [0.2, 0.25) is 0 Å². The van der Waals surface area contributed by atoms with E-state index in [1.807, 2.05) is 19.1 Å². The molecule has 1 fully saturated rings. The Kier molecular flexibility index (Phi) is 9.06. The summed E-state index contributed by atoms with van der Waals surface area (Å²) in [5.41, 5.74) is 2.40. The highest BCUT2D eigenvalue weighted by molar-refractivity contribution is 6.42. The third-order valence-electron chi connectivity index (χ3n) is 6.38. The first-order valence-corrected chi connectivity index (χ1v) is 11.9. The fourth-order valence-electron chi connectivity index (χ4n) is 4.44. The summed E-state index contributed by atoms with van der Waals surface area (Å²) in [5.74, 6) is 0.741. The lowest BCUT2D eigenvalue weighted by molar-refractivity contribution is -0.265. The standard InChI is InChI=1S/C25H32Cl2N2O2/c1-2-29(25(30)31)18-22(21-10-11-23(26)24(27)16-21)9-8-19-12-14-28(15-13-19)17-20-6-4-3-5-7-20/h3-7,10-11,16,19,22H,2,8-9,12-15,17-18H2,1H3,(H,30,31)/p-1. The number of amides is 1. The first-order valence-electron chi connectivity index (χ1n) is 11.1. The Morgan fingerprint density at radius 3 is 2.45 bits per heavy atom. The molecule has 6 heteroatoms. The largest absolute Gasteiger partial charge is 0.530 e. The smallest absolute Gasteiger partial charge is 0.136 e. The van der Waals surface area contributed by atoms with E-state index < -0.39 is 6.09 Å². The van der Waals surface area contributed by atoms with Crippen molar-refractivity contribution in [3.05, 3.63) is 69.7 Å². The summed E-state index contributed by atoms with van der Waals surface area (Å²) >= 11 is 12.3. The summed E-state index contributed by atoms with van der Waals surface area (Å²) in [6, 6.07) is 16.2. The van der Waals surface area contributed by atoms with Crippen LogP contribution in [0.5, 0.6) is 0 Å². The zero-order valence-electron chi connectivity index (χ0n) is 18.1. The molecule has 0 spiro atoms. The van der Waals surface area contributed by atoms with Gasteiger partial charge in [-0.25, -0.2) is 0 Å². The van der Waals surface area contributed by atoms with Gasteiger partial charge in [-0.3, -0.25) is 4.90 Å². The predicted molar refractivity (Wildman–Crippen MR) is 126 cm³/mol. The van der Waals surface area contributed by atoms with Crippen LogP contribution in [0.25, 0.3) is 0 Å². The molecule has 4 nitrogen and oxygen atoms in total. The highest BCUT2D eigenvalue weighted by Crippen LogP contribution is 2.32. The molecular weight excluding hydrogens is 431 g/mol. The van der Waals surface area contributed by atoms with Crippen molar-refractivity contribution in [2.24, 2.45) is 5.92 Å². The number of halogens is 2. The zero-order chi connectivity index (χ0) is 22.2. The number of carbonyl (C=O) groups is 1. The second-order valence-corrected chi connectivity index (χ2v) is 9.27. The van der Waals surface area contributed by atoms with Crippen molar-refractivity contribution in [2.75, 3.05) is 26.2 Å². The Hall–Kier alpha value is -1.75. The highest BCUT2D eigenvalue weighted by atomic mass is 35.5. The van der Waals surface area contributed by atoms with E-state index in [0.29, 0.717) is 29.1 Å². The molecule has 0 saturated carbocycles. The minimum Gasteiger partial charge on any atom is -0.530 e. The van der Waals surface area contributed by atoms with E-state index in [1.54, 1.807) is 6.07 Å². The number of hydrogen-bond donors (Lipinski definition) is 0. The molecule has 31 heavy (non-hydrogen) atoms. The maximum Gasteiger partial charge on any atom is 0.136 e. The number of benzene rings is 2. The second kappa shape index (κ2) is 11.8. The minimum absolute atomic E-state index is 0.0787. The molecule has 2 aromatic rings. The van der Waals surface area contributed by atoms with Crippen molar-refractivity contribution >= 4 is 29.3 Å². The number of likely N-dealkylation sites (N-methyl/N-ethyl adjacent to an activating group) is 1. The third kappa shape index (κ3) is 7.13. The number of hydrogen-bond acceptors (Lipinski definition) is 3. The quantitative estimate of drug-likeness (QED) is 0.499. The van der Waals surface area contributed by atoms with E-state index in [1.165, 1.54) is 23.3 Å². The van der Waals surface area contributed by atoms with Crippen LogP contribution in [0.2, 0.25) is 10.0 Å². The number of carbonyl (C=O) groups excluding carboxylic acids is 1. The summed E-state index contributed by atoms with van der Waals surface area (Å²) in [6.07, 6.45) is 3.24. The number of likely N-dealkylation sites (tertiary alicyclic amines) is 1. The van der Waals surface area contributed by atoms with Crippen LogP contribution < -0.4 is 5.11 Å². The van der Waals surface area contributed by atoms with Crippen molar-refractivity contribution in [3.8, 4) is 0 Å². The predicted octanol–water partition coefficient (Wildman–Crippen LogP) is 5.43. The lowest BCUT2D eigenvalue weighted by Crippen LogP contribution is -2.43. The molecule has 1 aliphatic heterocycles. The van der Waals surface area contributed by atoms with Crippen molar-refractivity contribution in [3.63, 3.8) is 0 Å². The number of carboxylic acid groups (broad SMARTS) is 1. The molecule has 1 aliphatic rings. The summed E-state index contributed by atoms with van der Waals surface area (Å²) in [5, 5.41) is 12.5. The molecule has 0 bridgehead atoms. The molecule has 0 radical (unpaired) electrons. The second-order valence-electron chi connectivity index (χ2n) is 8.46. The normalized spacial score (nSPS) is 16.2. The Labute approximate surface area is 195 Å². The topological polar surface area (TPSA) is 46.6 Å². The molecule has 0 aromatic heterocycles. The maximum atomic E-state index is 11.5. The SMILES string of the molecule is CCN(CC(CCC1CCN(Cc2ccccc2)CC1)c1ccc(Cl)c(Cl)c1)C(=O)[O-]. The molecule has 0 N–H and O–H groups in total. The Balaban J connectivity index is 1.57. The van der Waals surface area contributed by atoms with Gasteiger partial charge in [0, 0.05) is 25.6 Å². The third-order valence-corrected chi connectivity index (χ3v) is 7.11. The first-order chi connectivity index (χ1) is 15.0. The van der Waals surface area contributed by atoms with Gasteiger partial charge in [-0.2, -0.15) is 0 Å². The lowest BCUT2D eigenvalue weighted by Gasteiger charge is -2.34. The van der Waals surface area contributed by atoms with Gasteiger partial charge in [0.15, 0.2) is 0 Å². The Morgan fingerprint density at radius 1 is 1.13 bits per heavy atom. The molecule has 1 atom stereocenters. The molecule has 1 saturated heterocycles. The Morgan fingerprint density at radius 2 is 1.84 bits per heavy atom. The lowest BCUT2D eigenvalue weighted by atomic mass is 9.86. The van der Waals surface area contributed by atoms with Crippen molar-refractivity contribution in [1.82, 2.24) is 9.80 Å². The average molecular weight is 462 g/mol. The highest BCUT2D eigenvalue weighted by Gasteiger charge is 2.22. The average Bonchev–Trinajstić information content (AvgIpc) is 2.77. The van der Waals surface area contributed by atoms with Crippen molar-refractivity contribution < 1.29 is 9.90 Å². The first kappa shape index (κ1) is 23.9. The van der Waals surface area contributed by atoms with Crippen molar-refractivity contribution in [1.29, 1.82) is 0 Å². The summed E-state index contributed by atoms with van der Waals surface area (Å²) in [4.78, 5) is 15.4. The molecular formula is C25H31Cl2N2O2-. The van der Waals surface area contributed by atoms with E-state index in [2.05, 4.69) is 35.2 Å². The van der Waals surface area contributed by atoms with Crippen LogP contribution >= 0.6 is 23.2 Å². The van der Waals surface area contributed by atoms with E-state index in [4.69, 9.17) is 23.2 Å². The summed E-state index contributed by atoms with van der Waals surface area (Å²) in [7, 11) is 0. The monoisotopic (exact) mass is 461 g/mol. The number of nitrogens with zero attached hydrogens (tertiary/aromatic N) is 2. The van der Waals surface area contributed by atoms with Gasteiger partial charge < -0.3 is 14.8 Å². The van der Waals surface area contributed by atoms with Gasteiger partial charge in [-0.1, -0.05) is 59.6 Å². The van der Waals surface area contributed by atoms with Crippen LogP contribution in [0.3, 0.4) is 0 Å². The fraction of sp³-hybridized carbons (Fsp3) is 0.480. The molecule has 1 unspecified atom stereocenters. The van der Waals surface area contributed by atoms with E-state index >= 15 is 0 Å². The van der Waals surface area contributed by atoms with Crippen LogP contribution in [0, 0.1) is 5.92 Å². The van der Waals surface area contributed by atoms with E-state index in [0.717, 1.165) is 38.0 Å². The molecule has 1 amide bonds.